The Morgan fingerprint density at radius 3 is 2.68 bits per heavy atom. The van der Waals surface area contributed by atoms with Crippen LogP contribution in [0.1, 0.15) is 36.8 Å². The molecule has 102 valence electrons. The smallest absolute Gasteiger partial charge is 0.310 e. The molecule has 19 heavy (non-hydrogen) atoms. The second-order valence-corrected chi connectivity index (χ2v) is 4.91. The number of hydrogen-bond donors (Lipinski definition) is 0. The van der Waals surface area contributed by atoms with Crippen LogP contribution >= 0.6 is 11.6 Å². The van der Waals surface area contributed by atoms with Crippen molar-refractivity contribution in [3.63, 3.8) is 0 Å². The second kappa shape index (κ2) is 5.13. The van der Waals surface area contributed by atoms with Gasteiger partial charge in [0, 0.05) is 17.2 Å². The zero-order valence-electron chi connectivity index (χ0n) is 11.3. The third-order valence-electron chi connectivity index (χ3n) is 2.81. The van der Waals surface area contributed by atoms with Gasteiger partial charge in [-0.1, -0.05) is 25.4 Å². The van der Waals surface area contributed by atoms with Crippen molar-refractivity contribution in [2.24, 2.45) is 0 Å². The van der Waals surface area contributed by atoms with Crippen molar-refractivity contribution in [1.82, 2.24) is 19.6 Å². The number of esters is 1. The Morgan fingerprint density at radius 2 is 2.11 bits per heavy atom. The predicted molar refractivity (Wildman–Crippen MR) is 70.3 cm³/mol. The lowest BCUT2D eigenvalue weighted by Crippen LogP contribution is -2.10. The van der Waals surface area contributed by atoms with E-state index in [1.54, 1.807) is 6.92 Å². The summed E-state index contributed by atoms with van der Waals surface area (Å²) in [5.41, 5.74) is 1.27. The summed E-state index contributed by atoms with van der Waals surface area (Å²) in [4.78, 5) is 20.0. The van der Waals surface area contributed by atoms with E-state index in [2.05, 4.69) is 19.8 Å². The number of aromatic nitrogens is 4. The predicted octanol–water partition coefficient (Wildman–Crippen LogP) is 1.93. The van der Waals surface area contributed by atoms with E-state index in [0.717, 1.165) is 0 Å². The first kappa shape index (κ1) is 13.7. The van der Waals surface area contributed by atoms with Crippen LogP contribution in [0.4, 0.5) is 0 Å². The summed E-state index contributed by atoms with van der Waals surface area (Å²) in [6.07, 6.45) is 0.0704. The lowest BCUT2D eigenvalue weighted by atomic mass is 10.2. The van der Waals surface area contributed by atoms with E-state index in [4.69, 9.17) is 11.6 Å². The highest BCUT2D eigenvalue weighted by Crippen LogP contribution is 2.21. The molecule has 0 atom stereocenters. The molecule has 6 nitrogen and oxygen atoms in total. The van der Waals surface area contributed by atoms with Crippen LogP contribution < -0.4 is 0 Å². The van der Waals surface area contributed by atoms with Crippen LogP contribution in [0.2, 0.25) is 5.15 Å². The molecule has 7 heteroatoms. The van der Waals surface area contributed by atoms with Crippen molar-refractivity contribution in [1.29, 1.82) is 0 Å². The van der Waals surface area contributed by atoms with Gasteiger partial charge < -0.3 is 4.74 Å². The maximum atomic E-state index is 11.4. The zero-order valence-corrected chi connectivity index (χ0v) is 12.0. The second-order valence-electron chi connectivity index (χ2n) is 4.56. The van der Waals surface area contributed by atoms with Crippen molar-refractivity contribution in [3.05, 3.63) is 22.2 Å². The molecule has 0 aromatic carbocycles. The summed E-state index contributed by atoms with van der Waals surface area (Å²) in [6.45, 7) is 5.77. The van der Waals surface area contributed by atoms with Gasteiger partial charge in [-0.15, -0.1) is 5.10 Å². The molecule has 0 radical (unpaired) electrons. The first-order valence-corrected chi connectivity index (χ1v) is 6.30. The van der Waals surface area contributed by atoms with Gasteiger partial charge in [-0.3, -0.25) is 4.79 Å². The minimum atomic E-state index is -0.365. The number of fused-ring (bicyclic) bond motifs is 1. The van der Waals surface area contributed by atoms with Crippen molar-refractivity contribution in [3.8, 4) is 0 Å². The molecule has 0 saturated carbocycles. The van der Waals surface area contributed by atoms with Crippen LogP contribution in [0.3, 0.4) is 0 Å². The largest absolute Gasteiger partial charge is 0.469 e. The molecule has 0 spiro atoms. The number of aryl methyl sites for hydroxylation is 1. The molecule has 0 aliphatic heterocycles. The maximum absolute atomic E-state index is 11.4. The number of halogens is 1. The van der Waals surface area contributed by atoms with Gasteiger partial charge in [0.25, 0.3) is 5.78 Å². The molecule has 0 N–H and O–H groups in total. The fourth-order valence-electron chi connectivity index (χ4n) is 1.68. The molecule has 0 bridgehead atoms. The number of rotatable bonds is 3. The normalized spacial score (nSPS) is 11.3. The van der Waals surface area contributed by atoms with Crippen LogP contribution in [0.15, 0.2) is 0 Å². The van der Waals surface area contributed by atoms with Gasteiger partial charge >= 0.3 is 5.97 Å². The SMILES string of the molecule is COC(=O)Cc1c(C)nc2nc(C(C)C)nn2c1Cl. The Labute approximate surface area is 115 Å². The van der Waals surface area contributed by atoms with Gasteiger partial charge in [0.1, 0.15) is 5.15 Å². The standard InChI is InChI=1S/C12H15ClN4O2/c1-6(2)11-15-12-14-7(3)8(5-9(18)19-4)10(13)17(12)16-11/h6H,5H2,1-4H3. The molecule has 0 fully saturated rings. The lowest BCUT2D eigenvalue weighted by molar-refractivity contribution is -0.139. The number of ether oxygens (including phenoxy) is 1. The summed E-state index contributed by atoms with van der Waals surface area (Å²) in [5.74, 6) is 0.932. The third kappa shape index (κ3) is 2.53. The Kier molecular flexibility index (Phi) is 3.71. The molecular formula is C12H15ClN4O2. The van der Waals surface area contributed by atoms with Crippen LogP contribution in [-0.4, -0.2) is 32.7 Å². The molecule has 2 rings (SSSR count). The highest BCUT2D eigenvalue weighted by atomic mass is 35.5. The number of nitrogens with zero attached hydrogens (tertiary/aromatic N) is 4. The van der Waals surface area contributed by atoms with Gasteiger partial charge in [0.2, 0.25) is 0 Å². The molecule has 0 aliphatic rings. The zero-order chi connectivity index (χ0) is 14.2. The van der Waals surface area contributed by atoms with E-state index in [1.807, 2.05) is 13.8 Å². The van der Waals surface area contributed by atoms with E-state index in [0.29, 0.717) is 28.0 Å². The topological polar surface area (TPSA) is 69.4 Å². The molecule has 2 heterocycles. The maximum Gasteiger partial charge on any atom is 0.310 e. The molecule has 0 unspecified atom stereocenters. The van der Waals surface area contributed by atoms with Gasteiger partial charge in [0.05, 0.1) is 13.5 Å². The van der Waals surface area contributed by atoms with E-state index >= 15 is 0 Å². The summed E-state index contributed by atoms with van der Waals surface area (Å²) in [5, 5.41) is 4.66. The number of hydrogen-bond acceptors (Lipinski definition) is 5. The highest BCUT2D eigenvalue weighted by Gasteiger charge is 2.18. The van der Waals surface area contributed by atoms with E-state index in [-0.39, 0.29) is 18.3 Å². The molecule has 0 aliphatic carbocycles. The fraction of sp³-hybridized carbons (Fsp3) is 0.500. The van der Waals surface area contributed by atoms with Gasteiger partial charge in [-0.25, -0.2) is 4.98 Å². The van der Waals surface area contributed by atoms with Crippen LogP contribution in [0, 0.1) is 6.92 Å². The Hall–Kier alpha value is -1.69. The van der Waals surface area contributed by atoms with E-state index in [1.165, 1.54) is 11.6 Å². The van der Waals surface area contributed by atoms with Crippen molar-refractivity contribution >= 4 is 23.3 Å². The molecule has 2 aromatic rings. The van der Waals surface area contributed by atoms with E-state index < -0.39 is 0 Å². The lowest BCUT2D eigenvalue weighted by Gasteiger charge is -2.07. The van der Waals surface area contributed by atoms with Crippen LogP contribution in [0.25, 0.3) is 5.78 Å². The van der Waals surface area contributed by atoms with Crippen LogP contribution in [-0.2, 0) is 16.0 Å². The summed E-state index contributed by atoms with van der Waals surface area (Å²) in [7, 11) is 1.34. The minimum Gasteiger partial charge on any atom is -0.469 e. The number of carbonyl (C=O) groups excluding carboxylic acids is 1. The van der Waals surface area contributed by atoms with Gasteiger partial charge in [-0.2, -0.15) is 9.50 Å². The first-order chi connectivity index (χ1) is 8.93. The first-order valence-electron chi connectivity index (χ1n) is 5.92. The Bertz CT molecular complexity index is 636. The minimum absolute atomic E-state index is 0.0704. The molecule has 2 aromatic heterocycles. The van der Waals surface area contributed by atoms with Crippen molar-refractivity contribution in [2.45, 2.75) is 33.1 Å². The number of methoxy groups -OCH3 is 1. The average molecular weight is 283 g/mol. The molecule has 0 amide bonds. The van der Waals surface area contributed by atoms with Crippen LogP contribution in [0.5, 0.6) is 0 Å². The summed E-state index contributed by atoms with van der Waals surface area (Å²) in [6, 6.07) is 0. The fourth-order valence-corrected chi connectivity index (χ4v) is 2.00. The Balaban J connectivity index is 2.57. The average Bonchev–Trinajstić information content (AvgIpc) is 2.78. The summed E-state index contributed by atoms with van der Waals surface area (Å²) >= 11 is 6.28. The quantitative estimate of drug-likeness (QED) is 0.635. The Morgan fingerprint density at radius 1 is 1.42 bits per heavy atom. The highest BCUT2D eigenvalue weighted by molar-refractivity contribution is 6.30. The van der Waals surface area contributed by atoms with Gasteiger partial charge in [-0.05, 0) is 6.92 Å². The molecular weight excluding hydrogens is 268 g/mol. The van der Waals surface area contributed by atoms with Gasteiger partial charge in [0.15, 0.2) is 5.82 Å². The molecule has 0 saturated heterocycles. The summed E-state index contributed by atoms with van der Waals surface area (Å²) < 4.78 is 6.11. The number of carbonyl (C=O) groups is 1. The monoisotopic (exact) mass is 282 g/mol. The van der Waals surface area contributed by atoms with E-state index in [9.17, 15) is 4.79 Å². The van der Waals surface area contributed by atoms with Crippen molar-refractivity contribution in [2.75, 3.05) is 7.11 Å². The third-order valence-corrected chi connectivity index (χ3v) is 3.20. The van der Waals surface area contributed by atoms with Crippen molar-refractivity contribution < 1.29 is 9.53 Å².